The lowest BCUT2D eigenvalue weighted by molar-refractivity contribution is 0.103. The summed E-state index contributed by atoms with van der Waals surface area (Å²) in [4.78, 5) is 18.2. The van der Waals surface area contributed by atoms with Crippen LogP contribution in [-0.4, -0.2) is 15.1 Å². The second-order valence-electron chi connectivity index (χ2n) is 4.56. The summed E-state index contributed by atoms with van der Waals surface area (Å²) in [6.07, 6.45) is 1.63. The number of thiophene rings is 1. The SMILES string of the molecule is Cc1sc(C(=O)Nc2nccs2)cc1S(=O)Nc1ccccc1. The molecule has 2 aromatic heterocycles. The standard InChI is InChI=1S/C15H13N3O2S3/c1-10-13(23(20)18-11-5-3-2-4-6-11)9-12(22-10)14(19)17-15-16-7-8-21-15/h2-9,18H,1H3,(H,16,17,19). The number of benzene rings is 1. The molecule has 1 unspecified atom stereocenters. The quantitative estimate of drug-likeness (QED) is 0.722. The summed E-state index contributed by atoms with van der Waals surface area (Å²) in [5.41, 5.74) is 0.769. The minimum atomic E-state index is -1.41. The molecule has 0 saturated heterocycles. The van der Waals surface area contributed by atoms with E-state index in [1.165, 1.54) is 22.7 Å². The van der Waals surface area contributed by atoms with Crippen molar-refractivity contribution in [3.8, 4) is 0 Å². The molecule has 1 atom stereocenters. The van der Waals surface area contributed by atoms with Crippen molar-refractivity contribution in [1.29, 1.82) is 0 Å². The minimum absolute atomic E-state index is 0.240. The molecule has 0 aliphatic rings. The lowest BCUT2D eigenvalue weighted by atomic mass is 10.3. The molecule has 1 aromatic carbocycles. The molecule has 0 bridgehead atoms. The van der Waals surface area contributed by atoms with Crippen molar-refractivity contribution in [2.75, 3.05) is 10.0 Å². The molecule has 23 heavy (non-hydrogen) atoms. The Morgan fingerprint density at radius 2 is 2.04 bits per heavy atom. The largest absolute Gasteiger partial charge is 0.301 e. The summed E-state index contributed by atoms with van der Waals surface area (Å²) in [5, 5.41) is 5.07. The first-order valence-corrected chi connectivity index (χ1v) is 9.53. The van der Waals surface area contributed by atoms with Crippen molar-refractivity contribution >= 4 is 50.4 Å². The van der Waals surface area contributed by atoms with Crippen LogP contribution in [0, 0.1) is 6.92 Å². The Morgan fingerprint density at radius 3 is 2.74 bits per heavy atom. The molecule has 0 spiro atoms. The number of thiazole rings is 1. The number of nitrogens with zero attached hydrogens (tertiary/aromatic N) is 1. The van der Waals surface area contributed by atoms with Gasteiger partial charge in [-0.1, -0.05) is 18.2 Å². The molecule has 0 fully saturated rings. The fraction of sp³-hybridized carbons (Fsp3) is 0.0667. The maximum Gasteiger partial charge on any atom is 0.267 e. The van der Waals surface area contributed by atoms with Crippen LogP contribution in [0.3, 0.4) is 0 Å². The van der Waals surface area contributed by atoms with E-state index in [0.717, 1.165) is 10.6 Å². The molecule has 0 radical (unpaired) electrons. The van der Waals surface area contributed by atoms with Crippen LogP contribution >= 0.6 is 22.7 Å². The Labute approximate surface area is 144 Å². The maximum atomic E-state index is 12.5. The van der Waals surface area contributed by atoms with Gasteiger partial charge in [-0.25, -0.2) is 9.19 Å². The number of aromatic nitrogens is 1. The van der Waals surface area contributed by atoms with E-state index in [0.29, 0.717) is 14.9 Å². The van der Waals surface area contributed by atoms with E-state index >= 15 is 0 Å². The fourth-order valence-electron chi connectivity index (χ4n) is 1.87. The van der Waals surface area contributed by atoms with Crippen molar-refractivity contribution in [3.63, 3.8) is 0 Å². The molecule has 8 heteroatoms. The lowest BCUT2D eigenvalue weighted by Crippen LogP contribution is -2.10. The first-order valence-electron chi connectivity index (χ1n) is 6.68. The van der Waals surface area contributed by atoms with Crippen molar-refractivity contribution in [2.45, 2.75) is 11.8 Å². The smallest absolute Gasteiger partial charge is 0.267 e. The normalized spacial score (nSPS) is 11.9. The highest BCUT2D eigenvalue weighted by atomic mass is 32.2. The Hall–Kier alpha value is -2.03. The number of nitrogens with one attached hydrogen (secondary N) is 2. The predicted octanol–water partition coefficient (Wildman–Crippen LogP) is 3.90. The Bertz CT molecular complexity index is 829. The summed E-state index contributed by atoms with van der Waals surface area (Å²) < 4.78 is 15.4. The van der Waals surface area contributed by atoms with Gasteiger partial charge in [0.05, 0.1) is 9.77 Å². The van der Waals surface area contributed by atoms with E-state index in [2.05, 4.69) is 15.0 Å². The van der Waals surface area contributed by atoms with Gasteiger partial charge in [-0.2, -0.15) is 0 Å². The third kappa shape index (κ3) is 3.84. The van der Waals surface area contributed by atoms with Gasteiger partial charge in [-0.05, 0) is 25.1 Å². The van der Waals surface area contributed by atoms with Crippen LogP contribution in [0.1, 0.15) is 14.5 Å². The van der Waals surface area contributed by atoms with Gasteiger partial charge in [0.1, 0.15) is 0 Å². The maximum absolute atomic E-state index is 12.5. The van der Waals surface area contributed by atoms with Crippen molar-refractivity contribution < 1.29 is 9.00 Å². The van der Waals surface area contributed by atoms with Crippen molar-refractivity contribution in [1.82, 2.24) is 4.98 Å². The zero-order valence-electron chi connectivity index (χ0n) is 12.1. The second-order valence-corrected chi connectivity index (χ2v) is 7.89. The first kappa shape index (κ1) is 15.9. The molecule has 2 heterocycles. The molecule has 0 saturated carbocycles. The third-order valence-corrected chi connectivity index (χ3v) is 6.04. The fourth-order valence-corrected chi connectivity index (χ4v) is 4.58. The molecular formula is C15H13N3O2S3. The van der Waals surface area contributed by atoms with Gasteiger partial charge in [0.25, 0.3) is 5.91 Å². The Morgan fingerprint density at radius 1 is 1.26 bits per heavy atom. The number of rotatable bonds is 5. The van der Waals surface area contributed by atoms with E-state index in [4.69, 9.17) is 0 Å². The predicted molar refractivity (Wildman–Crippen MR) is 95.6 cm³/mol. The highest BCUT2D eigenvalue weighted by Crippen LogP contribution is 2.26. The second kappa shape index (κ2) is 7.03. The average molecular weight is 363 g/mol. The zero-order chi connectivity index (χ0) is 16.2. The van der Waals surface area contributed by atoms with Gasteiger partial charge in [0.2, 0.25) is 0 Å². The summed E-state index contributed by atoms with van der Waals surface area (Å²) in [7, 11) is -1.41. The third-order valence-electron chi connectivity index (χ3n) is 2.93. The molecule has 2 N–H and O–H groups in total. The van der Waals surface area contributed by atoms with Gasteiger partial charge in [0.15, 0.2) is 16.1 Å². The van der Waals surface area contributed by atoms with E-state index in [1.807, 2.05) is 37.3 Å². The van der Waals surface area contributed by atoms with Gasteiger partial charge in [-0.3, -0.25) is 10.1 Å². The average Bonchev–Trinajstić information content (AvgIpc) is 3.17. The first-order chi connectivity index (χ1) is 11.1. The topological polar surface area (TPSA) is 71.1 Å². The number of para-hydroxylation sites is 1. The van der Waals surface area contributed by atoms with Gasteiger partial charge >= 0.3 is 0 Å². The van der Waals surface area contributed by atoms with Crippen LogP contribution < -0.4 is 10.0 Å². The monoisotopic (exact) mass is 363 g/mol. The number of carbonyl (C=O) groups excluding carboxylic acids is 1. The Balaban J connectivity index is 1.75. The molecular weight excluding hydrogens is 350 g/mol. The number of hydrogen-bond donors (Lipinski definition) is 2. The van der Waals surface area contributed by atoms with E-state index in [9.17, 15) is 9.00 Å². The molecule has 3 rings (SSSR count). The zero-order valence-corrected chi connectivity index (χ0v) is 14.6. The van der Waals surface area contributed by atoms with Crippen LogP contribution in [0.2, 0.25) is 0 Å². The number of anilines is 2. The summed E-state index contributed by atoms with van der Waals surface area (Å²) >= 11 is 2.67. The number of carbonyl (C=O) groups is 1. The van der Waals surface area contributed by atoms with Crippen LogP contribution in [0.25, 0.3) is 0 Å². The van der Waals surface area contributed by atoms with Crippen molar-refractivity contribution in [2.24, 2.45) is 0 Å². The Kier molecular flexibility index (Phi) is 4.85. The van der Waals surface area contributed by atoms with Crippen LogP contribution in [0.5, 0.6) is 0 Å². The number of hydrogen-bond acceptors (Lipinski definition) is 5. The highest BCUT2D eigenvalue weighted by Gasteiger charge is 2.17. The molecule has 5 nitrogen and oxygen atoms in total. The van der Waals surface area contributed by atoms with Crippen LogP contribution in [0.4, 0.5) is 10.8 Å². The number of amides is 1. The molecule has 118 valence electrons. The van der Waals surface area contributed by atoms with Gasteiger partial charge in [0, 0.05) is 22.1 Å². The molecule has 0 aliphatic heterocycles. The number of aryl methyl sites for hydroxylation is 1. The van der Waals surface area contributed by atoms with E-state index < -0.39 is 11.0 Å². The van der Waals surface area contributed by atoms with Gasteiger partial charge in [-0.15, -0.1) is 22.7 Å². The molecule has 0 aliphatic carbocycles. The molecule has 3 aromatic rings. The highest BCUT2D eigenvalue weighted by molar-refractivity contribution is 7.86. The summed E-state index contributed by atoms with van der Waals surface area (Å²) in [6, 6.07) is 11.0. The van der Waals surface area contributed by atoms with E-state index in [1.54, 1.807) is 17.6 Å². The van der Waals surface area contributed by atoms with Crippen LogP contribution in [0.15, 0.2) is 52.9 Å². The summed E-state index contributed by atoms with van der Waals surface area (Å²) in [6.45, 7) is 1.85. The van der Waals surface area contributed by atoms with Gasteiger partial charge < -0.3 is 4.72 Å². The van der Waals surface area contributed by atoms with Crippen molar-refractivity contribution in [3.05, 3.63) is 57.7 Å². The van der Waals surface area contributed by atoms with E-state index in [-0.39, 0.29) is 5.91 Å². The molecule has 1 amide bonds. The minimum Gasteiger partial charge on any atom is -0.301 e. The lowest BCUT2D eigenvalue weighted by Gasteiger charge is -2.04. The summed E-state index contributed by atoms with van der Waals surface area (Å²) in [5.74, 6) is -0.240. The van der Waals surface area contributed by atoms with Crippen LogP contribution in [-0.2, 0) is 11.0 Å².